The van der Waals surface area contributed by atoms with Crippen molar-refractivity contribution in [3.63, 3.8) is 0 Å². The molecule has 0 fully saturated rings. The van der Waals surface area contributed by atoms with E-state index in [9.17, 15) is 9.59 Å². The number of esters is 2. The van der Waals surface area contributed by atoms with Gasteiger partial charge in [-0.2, -0.15) is 25.3 Å². The van der Waals surface area contributed by atoms with E-state index in [1.807, 2.05) is 6.92 Å². The van der Waals surface area contributed by atoms with Gasteiger partial charge in [-0.25, -0.2) is 0 Å². The predicted molar refractivity (Wildman–Crippen MR) is 58.8 cm³/mol. The fourth-order valence-electron chi connectivity index (χ4n) is 0.690. The van der Waals surface area contributed by atoms with Crippen LogP contribution in [0.4, 0.5) is 0 Å². The van der Waals surface area contributed by atoms with Crippen molar-refractivity contribution in [2.75, 3.05) is 18.1 Å². The molecule has 0 spiro atoms. The molecular weight excluding hydrogens is 224 g/mol. The van der Waals surface area contributed by atoms with Gasteiger partial charge < -0.3 is 9.47 Å². The zero-order valence-corrected chi connectivity index (χ0v) is 9.72. The van der Waals surface area contributed by atoms with E-state index in [1.54, 1.807) is 0 Å². The number of rotatable bonds is 6. The van der Waals surface area contributed by atoms with E-state index in [1.165, 1.54) is 0 Å². The van der Waals surface area contributed by atoms with Gasteiger partial charge in [-0.05, 0) is 6.42 Å². The summed E-state index contributed by atoms with van der Waals surface area (Å²) in [6.07, 6.45) is 0.206. The van der Waals surface area contributed by atoms with Crippen molar-refractivity contribution in [1.82, 2.24) is 0 Å². The Morgan fingerprint density at radius 3 is 2.21 bits per heavy atom. The molecule has 0 saturated heterocycles. The first-order valence-corrected chi connectivity index (χ1v) is 5.47. The minimum atomic E-state index is -0.422. The highest BCUT2D eigenvalue weighted by Crippen LogP contribution is 2.01. The van der Waals surface area contributed by atoms with Crippen molar-refractivity contribution in [3.8, 4) is 0 Å². The van der Waals surface area contributed by atoms with Crippen LogP contribution in [0.15, 0.2) is 0 Å². The van der Waals surface area contributed by atoms with Gasteiger partial charge >= 0.3 is 11.9 Å². The van der Waals surface area contributed by atoms with Crippen molar-refractivity contribution in [1.29, 1.82) is 0 Å². The Hall–Kier alpha value is -0.360. The Morgan fingerprint density at radius 1 is 1.21 bits per heavy atom. The average molecular weight is 238 g/mol. The van der Waals surface area contributed by atoms with Crippen molar-refractivity contribution < 1.29 is 19.1 Å². The molecule has 6 heteroatoms. The van der Waals surface area contributed by atoms with Gasteiger partial charge in [0.05, 0.1) is 11.5 Å². The lowest BCUT2D eigenvalue weighted by Crippen LogP contribution is -2.25. The SMILES string of the molecule is CCC(COC(=O)CS)OC(=O)CS. The van der Waals surface area contributed by atoms with Gasteiger partial charge in [-0.3, -0.25) is 9.59 Å². The third-order valence-electron chi connectivity index (χ3n) is 1.44. The predicted octanol–water partition coefficient (Wildman–Crippen LogP) is 0.711. The zero-order chi connectivity index (χ0) is 11.0. The third-order valence-corrected chi connectivity index (χ3v) is 1.96. The molecule has 0 aliphatic carbocycles. The van der Waals surface area contributed by atoms with Gasteiger partial charge in [0.15, 0.2) is 0 Å². The monoisotopic (exact) mass is 238 g/mol. The number of hydrogen-bond donors (Lipinski definition) is 2. The largest absolute Gasteiger partial charge is 0.461 e. The van der Waals surface area contributed by atoms with Gasteiger partial charge in [0.2, 0.25) is 0 Å². The molecular formula is C8H14O4S2. The van der Waals surface area contributed by atoms with Crippen LogP contribution in [-0.2, 0) is 19.1 Å². The maximum Gasteiger partial charge on any atom is 0.316 e. The van der Waals surface area contributed by atoms with Crippen LogP contribution in [0.2, 0.25) is 0 Å². The van der Waals surface area contributed by atoms with Crippen LogP contribution in [0.25, 0.3) is 0 Å². The minimum absolute atomic E-state index is 0.0248. The molecule has 0 aliphatic rings. The number of thiol groups is 2. The molecule has 0 aromatic rings. The Kier molecular flexibility index (Phi) is 7.78. The Morgan fingerprint density at radius 2 is 1.79 bits per heavy atom. The van der Waals surface area contributed by atoms with E-state index < -0.39 is 18.0 Å². The molecule has 0 N–H and O–H groups in total. The molecule has 0 heterocycles. The summed E-state index contributed by atoms with van der Waals surface area (Å²) in [7, 11) is 0. The molecule has 1 unspecified atom stereocenters. The topological polar surface area (TPSA) is 52.6 Å². The highest BCUT2D eigenvalue weighted by atomic mass is 32.1. The summed E-state index contributed by atoms with van der Waals surface area (Å²) in [6, 6.07) is 0. The van der Waals surface area contributed by atoms with Gasteiger partial charge in [-0.1, -0.05) is 6.92 Å². The molecule has 0 saturated carbocycles. The van der Waals surface area contributed by atoms with Crippen molar-refractivity contribution in [2.45, 2.75) is 19.4 Å². The van der Waals surface area contributed by atoms with Gasteiger partial charge in [0.25, 0.3) is 0 Å². The standard InChI is InChI=1S/C8H14O4S2/c1-2-6(12-8(10)5-14)3-11-7(9)4-13/h6,13-14H,2-5H2,1H3. The molecule has 0 rings (SSSR count). The van der Waals surface area contributed by atoms with Gasteiger partial charge in [0.1, 0.15) is 12.7 Å². The first kappa shape index (κ1) is 13.6. The third kappa shape index (κ3) is 6.15. The molecule has 0 aromatic carbocycles. The number of carbonyl (C=O) groups excluding carboxylic acids is 2. The second-order valence-electron chi connectivity index (χ2n) is 2.52. The van der Waals surface area contributed by atoms with Crippen LogP contribution >= 0.6 is 25.3 Å². The quantitative estimate of drug-likeness (QED) is 0.528. The molecule has 82 valence electrons. The normalized spacial score (nSPS) is 11.9. The summed E-state index contributed by atoms with van der Waals surface area (Å²) in [5.41, 5.74) is 0. The second-order valence-corrected chi connectivity index (χ2v) is 3.15. The lowest BCUT2D eigenvalue weighted by Gasteiger charge is -2.15. The van der Waals surface area contributed by atoms with Crippen LogP contribution in [0.5, 0.6) is 0 Å². The summed E-state index contributed by atoms with van der Waals surface area (Å²) in [6.45, 7) is 1.92. The first-order valence-electron chi connectivity index (χ1n) is 4.20. The maximum atomic E-state index is 10.8. The van der Waals surface area contributed by atoms with Gasteiger partial charge in [0, 0.05) is 0 Å². The summed E-state index contributed by atoms with van der Waals surface area (Å²) < 4.78 is 9.70. The lowest BCUT2D eigenvalue weighted by molar-refractivity contribution is -0.155. The highest BCUT2D eigenvalue weighted by Gasteiger charge is 2.13. The second kappa shape index (κ2) is 7.99. The van der Waals surface area contributed by atoms with Crippen LogP contribution in [-0.4, -0.2) is 36.2 Å². The molecule has 0 aliphatic heterocycles. The fraction of sp³-hybridized carbons (Fsp3) is 0.750. The van der Waals surface area contributed by atoms with Crippen LogP contribution in [0.3, 0.4) is 0 Å². The number of ether oxygens (including phenoxy) is 2. The number of hydrogen-bond acceptors (Lipinski definition) is 6. The van der Waals surface area contributed by atoms with E-state index in [-0.39, 0.29) is 18.1 Å². The van der Waals surface area contributed by atoms with Crippen molar-refractivity contribution >= 4 is 37.2 Å². The molecule has 4 nitrogen and oxygen atoms in total. The van der Waals surface area contributed by atoms with Crippen molar-refractivity contribution in [2.24, 2.45) is 0 Å². The van der Waals surface area contributed by atoms with E-state index >= 15 is 0 Å². The molecule has 0 bridgehead atoms. The van der Waals surface area contributed by atoms with E-state index in [4.69, 9.17) is 9.47 Å². The average Bonchev–Trinajstić information content (AvgIpc) is 2.22. The first-order chi connectivity index (χ1) is 6.63. The summed E-state index contributed by atoms with van der Waals surface area (Å²) in [5.74, 6) is -0.788. The highest BCUT2D eigenvalue weighted by molar-refractivity contribution is 7.81. The zero-order valence-electron chi connectivity index (χ0n) is 7.93. The van der Waals surface area contributed by atoms with Crippen LogP contribution in [0, 0.1) is 0 Å². The molecule has 0 radical (unpaired) electrons. The Labute approximate surface area is 94.2 Å². The van der Waals surface area contributed by atoms with Crippen LogP contribution in [0.1, 0.15) is 13.3 Å². The molecule has 1 atom stereocenters. The lowest BCUT2D eigenvalue weighted by atomic mass is 10.3. The van der Waals surface area contributed by atoms with E-state index in [0.717, 1.165) is 0 Å². The Balaban J connectivity index is 3.79. The summed E-state index contributed by atoms with van der Waals surface area (Å²) in [5, 5.41) is 0. The molecule has 14 heavy (non-hydrogen) atoms. The smallest absolute Gasteiger partial charge is 0.316 e. The molecule has 0 aromatic heterocycles. The minimum Gasteiger partial charge on any atom is -0.461 e. The van der Waals surface area contributed by atoms with E-state index in [2.05, 4.69) is 25.3 Å². The maximum absolute atomic E-state index is 10.8. The fourth-order valence-corrected chi connectivity index (χ4v) is 0.856. The van der Waals surface area contributed by atoms with Gasteiger partial charge in [-0.15, -0.1) is 0 Å². The van der Waals surface area contributed by atoms with E-state index in [0.29, 0.717) is 6.42 Å². The van der Waals surface area contributed by atoms with Crippen molar-refractivity contribution in [3.05, 3.63) is 0 Å². The molecule has 0 amide bonds. The van der Waals surface area contributed by atoms with Crippen LogP contribution < -0.4 is 0 Å². The summed E-state index contributed by atoms with van der Waals surface area (Å²) in [4.78, 5) is 21.6. The Bertz CT molecular complexity index is 196. The number of carbonyl (C=O) groups is 2. The summed E-state index contributed by atoms with van der Waals surface area (Å²) >= 11 is 7.50.